The van der Waals surface area contributed by atoms with E-state index in [0.717, 1.165) is 0 Å². The van der Waals surface area contributed by atoms with Crippen LogP contribution in [-0.4, -0.2) is 29.3 Å². The molecule has 0 amide bonds. The summed E-state index contributed by atoms with van der Waals surface area (Å²) in [7, 11) is -3.56. The first-order valence-corrected chi connectivity index (χ1v) is 10.9. The van der Waals surface area contributed by atoms with E-state index in [9.17, 15) is 14.5 Å². The smallest absolute Gasteiger partial charge is 0.303 e. The highest BCUT2D eigenvalue weighted by molar-refractivity contribution is 7.64. The predicted molar refractivity (Wildman–Crippen MR) is 106 cm³/mol. The fourth-order valence-corrected chi connectivity index (χ4v) is 5.94. The zero-order valence-electron chi connectivity index (χ0n) is 15.8. The van der Waals surface area contributed by atoms with Gasteiger partial charge in [-0.1, -0.05) is 11.6 Å². The molecule has 0 saturated carbocycles. The molecule has 6 nitrogen and oxygen atoms in total. The van der Waals surface area contributed by atoms with Crippen LogP contribution in [0, 0.1) is 0 Å². The molecule has 1 unspecified atom stereocenters. The van der Waals surface area contributed by atoms with E-state index < -0.39 is 25.6 Å². The Labute approximate surface area is 169 Å². The molecular formula is C20H22ClNO5P-. The quantitative estimate of drug-likeness (QED) is 0.685. The molecule has 2 aromatic carbocycles. The van der Waals surface area contributed by atoms with E-state index >= 15 is 0 Å². The summed E-state index contributed by atoms with van der Waals surface area (Å²) in [6, 6.07) is 13.6. The molecule has 0 radical (unpaired) electrons. The van der Waals surface area contributed by atoms with Crippen LogP contribution in [0.2, 0.25) is 5.02 Å². The van der Waals surface area contributed by atoms with Crippen LogP contribution in [0.25, 0.3) is 0 Å². The second-order valence-electron chi connectivity index (χ2n) is 7.25. The average Bonchev–Trinajstić information content (AvgIpc) is 2.76. The summed E-state index contributed by atoms with van der Waals surface area (Å²) in [5, 5.41) is 12.3. The summed E-state index contributed by atoms with van der Waals surface area (Å²) in [4.78, 5) is 11.3. The largest absolute Gasteiger partial charge is 0.549 e. The SMILES string of the molecule is CC1(C)CCCOP(=O)(c2ccc(Oc3ccc(Cl)cc3)cc2)N1CC(=O)[O-]. The molecule has 28 heavy (non-hydrogen) atoms. The molecule has 0 spiro atoms. The zero-order chi connectivity index (χ0) is 20.4. The van der Waals surface area contributed by atoms with E-state index in [0.29, 0.717) is 41.3 Å². The first kappa shape index (κ1) is 20.9. The monoisotopic (exact) mass is 422 g/mol. The summed E-state index contributed by atoms with van der Waals surface area (Å²) in [6.07, 6.45) is 1.36. The molecule has 3 rings (SSSR count). The second kappa shape index (κ2) is 8.26. The van der Waals surface area contributed by atoms with Crippen LogP contribution in [0.1, 0.15) is 26.7 Å². The van der Waals surface area contributed by atoms with E-state index in [1.165, 1.54) is 4.67 Å². The molecular weight excluding hydrogens is 401 g/mol. The third-order valence-corrected chi connectivity index (χ3v) is 7.76. The number of rotatable bonds is 5. The van der Waals surface area contributed by atoms with Crippen LogP contribution < -0.4 is 15.1 Å². The van der Waals surface area contributed by atoms with Gasteiger partial charge in [-0.15, -0.1) is 0 Å². The number of carbonyl (C=O) groups is 1. The summed E-state index contributed by atoms with van der Waals surface area (Å²) in [5.41, 5.74) is -0.607. The lowest BCUT2D eigenvalue weighted by atomic mass is 9.99. The molecule has 0 aromatic heterocycles. The molecule has 150 valence electrons. The Morgan fingerprint density at radius 3 is 2.32 bits per heavy atom. The maximum atomic E-state index is 13.8. The Kier molecular flexibility index (Phi) is 6.15. The topological polar surface area (TPSA) is 78.9 Å². The first-order valence-electron chi connectivity index (χ1n) is 8.97. The van der Waals surface area contributed by atoms with Crippen molar-refractivity contribution in [2.75, 3.05) is 13.2 Å². The van der Waals surface area contributed by atoms with Crippen molar-refractivity contribution in [2.24, 2.45) is 0 Å². The van der Waals surface area contributed by atoms with Crippen molar-refractivity contribution < 1.29 is 23.7 Å². The zero-order valence-corrected chi connectivity index (χ0v) is 17.4. The van der Waals surface area contributed by atoms with Crippen molar-refractivity contribution in [1.82, 2.24) is 4.67 Å². The minimum atomic E-state index is -3.56. The van der Waals surface area contributed by atoms with E-state index in [1.807, 2.05) is 13.8 Å². The number of carboxylic acid groups (broad SMARTS) is 1. The van der Waals surface area contributed by atoms with Gasteiger partial charge in [-0.25, -0.2) is 4.67 Å². The van der Waals surface area contributed by atoms with Crippen molar-refractivity contribution in [2.45, 2.75) is 32.2 Å². The van der Waals surface area contributed by atoms with Crippen LogP contribution in [-0.2, 0) is 13.9 Å². The second-order valence-corrected chi connectivity index (χ2v) is 9.98. The summed E-state index contributed by atoms with van der Waals surface area (Å²) in [6.45, 7) is 3.57. The average molecular weight is 423 g/mol. The predicted octanol–water partition coefficient (Wildman–Crippen LogP) is 3.59. The van der Waals surface area contributed by atoms with Crippen molar-refractivity contribution in [1.29, 1.82) is 0 Å². The fourth-order valence-electron chi connectivity index (χ4n) is 3.23. The molecule has 1 saturated heterocycles. The number of carbonyl (C=O) groups excluding carboxylic acids is 1. The lowest BCUT2D eigenvalue weighted by Crippen LogP contribution is -2.48. The highest BCUT2D eigenvalue weighted by atomic mass is 35.5. The summed E-state index contributed by atoms with van der Waals surface area (Å²) >= 11 is 5.87. The Morgan fingerprint density at radius 1 is 1.18 bits per heavy atom. The lowest BCUT2D eigenvalue weighted by molar-refractivity contribution is -0.306. The third-order valence-electron chi connectivity index (χ3n) is 4.71. The van der Waals surface area contributed by atoms with Gasteiger partial charge in [0, 0.05) is 17.1 Å². The first-order chi connectivity index (χ1) is 13.2. The van der Waals surface area contributed by atoms with Gasteiger partial charge in [-0.3, -0.25) is 4.57 Å². The molecule has 8 heteroatoms. The number of aliphatic carboxylic acids is 1. The van der Waals surface area contributed by atoms with Crippen molar-refractivity contribution in [3.05, 3.63) is 53.6 Å². The number of carboxylic acids is 1. The van der Waals surface area contributed by atoms with Crippen LogP contribution in [0.15, 0.2) is 48.5 Å². The highest BCUT2D eigenvalue weighted by Crippen LogP contribution is 2.56. The molecule has 1 atom stereocenters. The fraction of sp³-hybridized carbons (Fsp3) is 0.350. The Balaban J connectivity index is 1.89. The van der Waals surface area contributed by atoms with Crippen molar-refractivity contribution >= 4 is 30.4 Å². The minimum Gasteiger partial charge on any atom is -0.549 e. The maximum Gasteiger partial charge on any atom is 0.303 e. The van der Waals surface area contributed by atoms with Gasteiger partial charge in [-0.05, 0) is 75.2 Å². The standard InChI is InChI=1S/C20H23ClNO5P/c1-20(2)12-3-13-26-28(25,22(20)14-19(23)24)18-10-8-17(9-11-18)27-16-6-4-15(21)5-7-16/h4-11H,3,12-14H2,1-2H3,(H,23,24)/p-1. The number of nitrogens with zero attached hydrogens (tertiary/aromatic N) is 1. The van der Waals surface area contributed by atoms with E-state index in [-0.39, 0.29) is 0 Å². The molecule has 2 aromatic rings. The van der Waals surface area contributed by atoms with Crippen LogP contribution >= 0.6 is 19.1 Å². The van der Waals surface area contributed by atoms with Crippen LogP contribution in [0.4, 0.5) is 0 Å². The normalized spacial score (nSPS) is 22.4. The Hall–Kier alpha value is -1.85. The molecule has 1 heterocycles. The van der Waals surface area contributed by atoms with Gasteiger partial charge in [0.05, 0.1) is 17.9 Å². The molecule has 1 aliphatic heterocycles. The van der Waals surface area contributed by atoms with Crippen LogP contribution in [0.5, 0.6) is 11.5 Å². The van der Waals surface area contributed by atoms with Crippen molar-refractivity contribution in [3.8, 4) is 11.5 Å². The van der Waals surface area contributed by atoms with Crippen LogP contribution in [0.3, 0.4) is 0 Å². The number of hydrogen-bond donors (Lipinski definition) is 0. The summed E-state index contributed by atoms with van der Waals surface area (Å²) < 4.78 is 26.7. The highest BCUT2D eigenvalue weighted by Gasteiger charge is 2.44. The number of hydrogen-bond acceptors (Lipinski definition) is 5. The van der Waals surface area contributed by atoms with Gasteiger partial charge < -0.3 is 19.2 Å². The number of benzene rings is 2. The van der Waals surface area contributed by atoms with E-state index in [4.69, 9.17) is 20.9 Å². The van der Waals surface area contributed by atoms with Gasteiger partial charge in [-0.2, -0.15) is 0 Å². The summed E-state index contributed by atoms with van der Waals surface area (Å²) in [5.74, 6) is -0.117. The maximum absolute atomic E-state index is 13.8. The van der Waals surface area contributed by atoms with Gasteiger partial charge >= 0.3 is 7.52 Å². The molecule has 0 bridgehead atoms. The Morgan fingerprint density at radius 2 is 1.75 bits per heavy atom. The number of halogens is 1. The Bertz CT molecular complexity index is 882. The number of ether oxygens (including phenoxy) is 1. The third kappa shape index (κ3) is 4.58. The molecule has 0 aliphatic carbocycles. The van der Waals surface area contributed by atoms with Gasteiger partial charge in [0.1, 0.15) is 11.5 Å². The van der Waals surface area contributed by atoms with Crippen molar-refractivity contribution in [3.63, 3.8) is 0 Å². The molecule has 1 aliphatic rings. The van der Waals surface area contributed by atoms with E-state index in [2.05, 4.69) is 0 Å². The minimum absolute atomic E-state index is 0.299. The lowest BCUT2D eigenvalue weighted by Gasteiger charge is -2.40. The van der Waals surface area contributed by atoms with Gasteiger partial charge in [0.15, 0.2) is 0 Å². The van der Waals surface area contributed by atoms with Gasteiger partial charge in [0.2, 0.25) is 0 Å². The van der Waals surface area contributed by atoms with Gasteiger partial charge in [0.25, 0.3) is 0 Å². The molecule has 1 fully saturated rings. The molecule has 0 N–H and O–H groups in total. The van der Waals surface area contributed by atoms with E-state index in [1.54, 1.807) is 48.5 Å².